The van der Waals surface area contributed by atoms with Gasteiger partial charge in [-0.2, -0.15) is 0 Å². The molecule has 1 amide bonds. The van der Waals surface area contributed by atoms with Crippen molar-refractivity contribution < 1.29 is 4.79 Å². The molecule has 0 spiro atoms. The highest BCUT2D eigenvalue weighted by atomic mass is 32.1. The minimum atomic E-state index is -0.199. The van der Waals surface area contributed by atoms with Crippen LogP contribution in [0, 0.1) is 0 Å². The number of carbonyl (C=O) groups is 1. The average molecular weight is 195 g/mol. The Bertz CT molecular complexity index is 316. The van der Waals surface area contributed by atoms with Crippen molar-refractivity contribution in [3.63, 3.8) is 0 Å². The molecule has 1 N–H and O–H groups in total. The second-order valence-corrected chi connectivity index (χ2v) is 2.95. The second-order valence-electron chi connectivity index (χ2n) is 2.12. The van der Waals surface area contributed by atoms with E-state index in [0.717, 1.165) is 0 Å². The van der Waals surface area contributed by atoms with Gasteiger partial charge in [0.05, 0.1) is 0 Å². The molecule has 0 bridgehead atoms. The molecule has 68 valence electrons. The molecule has 13 heavy (non-hydrogen) atoms. The van der Waals surface area contributed by atoms with Crippen molar-refractivity contribution in [1.82, 2.24) is 10.2 Å². The van der Waals surface area contributed by atoms with Crippen LogP contribution < -0.4 is 5.32 Å². The quantitative estimate of drug-likeness (QED) is 0.589. The van der Waals surface area contributed by atoms with Gasteiger partial charge in [0.15, 0.2) is 0 Å². The van der Waals surface area contributed by atoms with E-state index in [1.165, 1.54) is 17.4 Å². The molecule has 1 heterocycles. The molecule has 0 aliphatic heterocycles. The van der Waals surface area contributed by atoms with Crippen LogP contribution in [0.4, 0.5) is 5.13 Å². The molecule has 4 nitrogen and oxygen atoms in total. The molecule has 0 radical (unpaired) electrons. The summed E-state index contributed by atoms with van der Waals surface area (Å²) in [4.78, 5) is 11.1. The van der Waals surface area contributed by atoms with Gasteiger partial charge in [0.1, 0.15) is 5.51 Å². The van der Waals surface area contributed by atoms with E-state index in [2.05, 4.69) is 15.5 Å². The van der Waals surface area contributed by atoms with Crippen LogP contribution in [0.15, 0.2) is 29.8 Å². The third-order valence-corrected chi connectivity index (χ3v) is 1.75. The van der Waals surface area contributed by atoms with Crippen LogP contribution in [0.2, 0.25) is 0 Å². The van der Waals surface area contributed by atoms with E-state index in [0.29, 0.717) is 5.13 Å². The topological polar surface area (TPSA) is 54.9 Å². The second kappa shape index (κ2) is 5.21. The highest BCUT2D eigenvalue weighted by Gasteiger charge is 1.98. The Morgan fingerprint density at radius 3 is 3.08 bits per heavy atom. The zero-order chi connectivity index (χ0) is 9.52. The van der Waals surface area contributed by atoms with Gasteiger partial charge in [-0.3, -0.25) is 10.1 Å². The maximum atomic E-state index is 11.1. The number of hydrogen-bond acceptors (Lipinski definition) is 4. The van der Waals surface area contributed by atoms with Crippen LogP contribution in [0.25, 0.3) is 0 Å². The molecule has 0 aliphatic carbocycles. The van der Waals surface area contributed by atoms with Gasteiger partial charge in [0, 0.05) is 6.08 Å². The number of carbonyl (C=O) groups excluding carboxylic acids is 1. The van der Waals surface area contributed by atoms with Crippen LogP contribution in [-0.2, 0) is 4.79 Å². The Kier molecular flexibility index (Phi) is 3.84. The van der Waals surface area contributed by atoms with E-state index in [1.807, 2.05) is 13.0 Å². The number of allylic oxidation sites excluding steroid dienone is 3. The van der Waals surface area contributed by atoms with E-state index in [4.69, 9.17) is 0 Å². The number of nitrogens with one attached hydrogen (secondary N) is 1. The molecule has 0 saturated heterocycles. The summed E-state index contributed by atoms with van der Waals surface area (Å²) in [6, 6.07) is 0. The van der Waals surface area contributed by atoms with E-state index in [1.54, 1.807) is 17.7 Å². The summed E-state index contributed by atoms with van der Waals surface area (Å²) in [5.74, 6) is -0.199. The fraction of sp³-hybridized carbons (Fsp3) is 0.125. The number of anilines is 1. The Hall–Kier alpha value is -1.49. The van der Waals surface area contributed by atoms with Crippen molar-refractivity contribution >= 4 is 22.4 Å². The molecule has 0 saturated carbocycles. The molecule has 0 fully saturated rings. The first-order chi connectivity index (χ1) is 6.33. The molecule has 0 aliphatic rings. The number of hydrogen-bond donors (Lipinski definition) is 1. The van der Waals surface area contributed by atoms with Gasteiger partial charge in [0.25, 0.3) is 0 Å². The van der Waals surface area contributed by atoms with Crippen LogP contribution in [-0.4, -0.2) is 16.1 Å². The van der Waals surface area contributed by atoms with Gasteiger partial charge in [-0.05, 0) is 6.92 Å². The average Bonchev–Trinajstić information content (AvgIpc) is 2.57. The van der Waals surface area contributed by atoms with Crippen molar-refractivity contribution in [3.8, 4) is 0 Å². The smallest absolute Gasteiger partial charge is 0.250 e. The van der Waals surface area contributed by atoms with Gasteiger partial charge in [0.2, 0.25) is 11.0 Å². The van der Waals surface area contributed by atoms with Gasteiger partial charge >= 0.3 is 0 Å². The first-order valence-corrected chi connectivity index (χ1v) is 4.57. The molecule has 0 atom stereocenters. The third-order valence-electron chi connectivity index (χ3n) is 1.14. The lowest BCUT2D eigenvalue weighted by Gasteiger charge is -1.92. The van der Waals surface area contributed by atoms with Crippen LogP contribution in [0.5, 0.6) is 0 Å². The molecule has 1 aromatic heterocycles. The molecule has 0 aromatic carbocycles. The summed E-state index contributed by atoms with van der Waals surface area (Å²) in [7, 11) is 0. The minimum absolute atomic E-state index is 0.199. The van der Waals surface area contributed by atoms with Gasteiger partial charge in [-0.1, -0.05) is 29.6 Å². The normalized spacial score (nSPS) is 11.2. The van der Waals surface area contributed by atoms with Crippen molar-refractivity contribution in [2.75, 3.05) is 5.32 Å². The molecular weight excluding hydrogens is 186 g/mol. The Morgan fingerprint density at radius 1 is 1.62 bits per heavy atom. The fourth-order valence-electron chi connectivity index (χ4n) is 0.629. The van der Waals surface area contributed by atoms with Crippen molar-refractivity contribution in [2.45, 2.75) is 6.92 Å². The first kappa shape index (κ1) is 9.60. The number of amides is 1. The fourth-order valence-corrected chi connectivity index (χ4v) is 1.08. The predicted molar refractivity (Wildman–Crippen MR) is 52.5 cm³/mol. The number of aromatic nitrogens is 2. The highest BCUT2D eigenvalue weighted by Crippen LogP contribution is 2.07. The molecule has 1 rings (SSSR count). The summed E-state index contributed by atoms with van der Waals surface area (Å²) < 4.78 is 0. The summed E-state index contributed by atoms with van der Waals surface area (Å²) in [6.07, 6.45) is 6.71. The molecule has 0 unspecified atom stereocenters. The maximum Gasteiger partial charge on any atom is 0.250 e. The minimum Gasteiger partial charge on any atom is -0.297 e. The lowest BCUT2D eigenvalue weighted by Crippen LogP contribution is -2.07. The van der Waals surface area contributed by atoms with E-state index < -0.39 is 0 Å². The first-order valence-electron chi connectivity index (χ1n) is 3.69. The lowest BCUT2D eigenvalue weighted by atomic mass is 10.4. The standard InChI is InChI=1S/C8H9N3OS/c1-2-3-4-5-7(12)10-8-11-9-6-13-8/h2-6H,1H3,(H,10,11,12)/b3-2+,5-4+. The van der Waals surface area contributed by atoms with E-state index in [9.17, 15) is 4.79 Å². The largest absolute Gasteiger partial charge is 0.297 e. The summed E-state index contributed by atoms with van der Waals surface area (Å²) >= 11 is 1.28. The number of nitrogens with zero attached hydrogens (tertiary/aromatic N) is 2. The zero-order valence-corrected chi connectivity index (χ0v) is 7.91. The monoisotopic (exact) mass is 195 g/mol. The van der Waals surface area contributed by atoms with Crippen LogP contribution >= 0.6 is 11.3 Å². The summed E-state index contributed by atoms with van der Waals surface area (Å²) in [5, 5.41) is 10.3. The SMILES string of the molecule is C/C=C/C=C/C(=O)Nc1nncs1. The molecule has 1 aromatic rings. The maximum absolute atomic E-state index is 11.1. The summed E-state index contributed by atoms with van der Waals surface area (Å²) in [5.41, 5.74) is 1.56. The van der Waals surface area contributed by atoms with Crippen molar-refractivity contribution in [3.05, 3.63) is 29.8 Å². The molecular formula is C8H9N3OS. The van der Waals surface area contributed by atoms with Gasteiger partial charge < -0.3 is 0 Å². The van der Waals surface area contributed by atoms with E-state index >= 15 is 0 Å². The highest BCUT2D eigenvalue weighted by molar-refractivity contribution is 7.13. The van der Waals surface area contributed by atoms with Crippen LogP contribution in [0.1, 0.15) is 6.92 Å². The molecule has 5 heteroatoms. The Balaban J connectivity index is 2.42. The van der Waals surface area contributed by atoms with E-state index in [-0.39, 0.29) is 5.91 Å². The predicted octanol–water partition coefficient (Wildman–Crippen LogP) is 1.61. The lowest BCUT2D eigenvalue weighted by molar-refractivity contribution is -0.111. The van der Waals surface area contributed by atoms with Crippen LogP contribution in [0.3, 0.4) is 0 Å². The Morgan fingerprint density at radius 2 is 2.46 bits per heavy atom. The summed E-state index contributed by atoms with van der Waals surface area (Å²) in [6.45, 7) is 1.88. The third kappa shape index (κ3) is 3.62. The number of rotatable bonds is 3. The van der Waals surface area contributed by atoms with Crippen molar-refractivity contribution in [2.24, 2.45) is 0 Å². The zero-order valence-electron chi connectivity index (χ0n) is 7.10. The van der Waals surface area contributed by atoms with Gasteiger partial charge in [-0.15, -0.1) is 10.2 Å². The van der Waals surface area contributed by atoms with Crippen molar-refractivity contribution in [1.29, 1.82) is 0 Å². The Labute approximate surface area is 80.0 Å². The van der Waals surface area contributed by atoms with Gasteiger partial charge in [-0.25, -0.2) is 0 Å².